The van der Waals surface area contributed by atoms with Crippen LogP contribution in [0.1, 0.15) is 5.69 Å². The van der Waals surface area contributed by atoms with Gasteiger partial charge in [-0.3, -0.25) is 0 Å². The number of rotatable bonds is 5. The number of nitrogens with one attached hydrogen (secondary N) is 2. The molecule has 7 nitrogen and oxygen atoms in total. The van der Waals surface area contributed by atoms with Crippen LogP contribution in [0.25, 0.3) is 11.0 Å². The molecule has 3 aromatic rings. The Labute approximate surface area is 138 Å². The summed E-state index contributed by atoms with van der Waals surface area (Å²) in [7, 11) is 3.09. The second-order valence-electron chi connectivity index (χ2n) is 5.00. The third kappa shape index (κ3) is 3.24. The van der Waals surface area contributed by atoms with E-state index in [1.165, 1.54) is 7.11 Å². The highest BCUT2D eigenvalue weighted by Crippen LogP contribution is 2.28. The monoisotopic (exact) mass is 327 g/mol. The van der Waals surface area contributed by atoms with Crippen molar-refractivity contribution in [2.75, 3.05) is 19.5 Å². The van der Waals surface area contributed by atoms with Gasteiger partial charge in [-0.15, -0.1) is 0 Å². The minimum absolute atomic E-state index is 0.245. The molecular formula is C17H17N3O4. The molecule has 2 aromatic carbocycles. The van der Waals surface area contributed by atoms with Crippen LogP contribution in [0.4, 0.5) is 10.5 Å². The average molecular weight is 327 g/mol. The van der Waals surface area contributed by atoms with E-state index in [0.717, 1.165) is 5.39 Å². The Balaban J connectivity index is 1.68. The summed E-state index contributed by atoms with van der Waals surface area (Å²) in [5.41, 5.74) is 1.86. The van der Waals surface area contributed by atoms with Gasteiger partial charge < -0.3 is 24.6 Å². The highest BCUT2D eigenvalue weighted by atomic mass is 16.5. The molecular weight excluding hydrogens is 310 g/mol. The maximum atomic E-state index is 12.1. The molecule has 1 heterocycles. The molecule has 0 aliphatic heterocycles. The first-order chi connectivity index (χ1) is 11.7. The quantitative estimate of drug-likeness (QED) is 0.752. The number of urea groups is 1. The van der Waals surface area contributed by atoms with E-state index < -0.39 is 0 Å². The van der Waals surface area contributed by atoms with Gasteiger partial charge in [-0.2, -0.15) is 0 Å². The lowest BCUT2D eigenvalue weighted by Gasteiger charge is -2.12. The lowest BCUT2D eigenvalue weighted by atomic mass is 10.2. The summed E-state index contributed by atoms with van der Waals surface area (Å²) < 4.78 is 15.6. The fourth-order valence-electron chi connectivity index (χ4n) is 2.31. The maximum absolute atomic E-state index is 12.1. The van der Waals surface area contributed by atoms with Crippen molar-refractivity contribution in [2.24, 2.45) is 0 Å². The summed E-state index contributed by atoms with van der Waals surface area (Å²) in [5, 5.41) is 10.3. The molecule has 0 fully saturated rings. The van der Waals surface area contributed by atoms with Gasteiger partial charge in [-0.05, 0) is 24.3 Å². The molecule has 3 rings (SSSR count). The van der Waals surface area contributed by atoms with Gasteiger partial charge in [0.25, 0.3) is 0 Å². The van der Waals surface area contributed by atoms with E-state index in [4.69, 9.17) is 14.0 Å². The Kier molecular flexibility index (Phi) is 4.51. The van der Waals surface area contributed by atoms with Crippen LogP contribution in [0.15, 0.2) is 47.0 Å². The standard InChI is InChI=1S/C17H17N3O4/c1-22-11-7-8-16(23-2)13(9-11)19-17(21)18-10-14-12-5-3-4-6-15(12)24-20-14/h3-9H,10H2,1-2H3,(H2,18,19,21). The molecule has 0 spiro atoms. The van der Waals surface area contributed by atoms with Gasteiger partial charge in [-0.25, -0.2) is 4.79 Å². The number of amides is 2. The SMILES string of the molecule is COc1ccc(OC)c(NC(=O)NCc2noc3ccccc23)c1. The van der Waals surface area contributed by atoms with Crippen molar-refractivity contribution in [3.8, 4) is 11.5 Å². The number of para-hydroxylation sites is 1. The number of benzene rings is 2. The van der Waals surface area contributed by atoms with Gasteiger partial charge in [0, 0.05) is 11.5 Å². The molecule has 2 amide bonds. The van der Waals surface area contributed by atoms with Crippen molar-refractivity contribution in [1.82, 2.24) is 10.5 Å². The minimum Gasteiger partial charge on any atom is -0.497 e. The number of carbonyl (C=O) groups excluding carboxylic acids is 1. The van der Waals surface area contributed by atoms with E-state index >= 15 is 0 Å². The van der Waals surface area contributed by atoms with E-state index in [9.17, 15) is 4.79 Å². The van der Waals surface area contributed by atoms with Gasteiger partial charge in [0.15, 0.2) is 5.58 Å². The first-order valence-corrected chi connectivity index (χ1v) is 7.31. The number of fused-ring (bicyclic) bond motifs is 1. The molecule has 0 bridgehead atoms. The zero-order valence-electron chi connectivity index (χ0n) is 13.3. The second kappa shape index (κ2) is 6.91. The van der Waals surface area contributed by atoms with E-state index in [0.29, 0.717) is 28.5 Å². The molecule has 0 saturated heterocycles. The van der Waals surface area contributed by atoms with Crippen LogP contribution in [0, 0.1) is 0 Å². The Morgan fingerprint density at radius 3 is 2.79 bits per heavy atom. The number of methoxy groups -OCH3 is 2. The Hall–Kier alpha value is -3.22. The van der Waals surface area contributed by atoms with Crippen LogP contribution < -0.4 is 20.1 Å². The Bertz CT molecular complexity index is 860. The number of anilines is 1. The lowest BCUT2D eigenvalue weighted by Crippen LogP contribution is -2.28. The molecule has 24 heavy (non-hydrogen) atoms. The molecule has 1 aromatic heterocycles. The van der Waals surface area contributed by atoms with Crippen LogP contribution in [0.3, 0.4) is 0 Å². The van der Waals surface area contributed by atoms with Crippen molar-refractivity contribution in [3.05, 3.63) is 48.2 Å². The molecule has 0 aliphatic carbocycles. The lowest BCUT2D eigenvalue weighted by molar-refractivity contribution is 0.251. The van der Waals surface area contributed by atoms with Gasteiger partial charge in [0.2, 0.25) is 0 Å². The van der Waals surface area contributed by atoms with Gasteiger partial charge in [0.1, 0.15) is 17.2 Å². The van der Waals surface area contributed by atoms with Crippen molar-refractivity contribution in [1.29, 1.82) is 0 Å². The van der Waals surface area contributed by atoms with Gasteiger partial charge in [0.05, 0.1) is 26.5 Å². The number of ether oxygens (including phenoxy) is 2. The largest absolute Gasteiger partial charge is 0.497 e. The van der Waals surface area contributed by atoms with E-state index in [2.05, 4.69) is 15.8 Å². The Morgan fingerprint density at radius 1 is 1.17 bits per heavy atom. The highest BCUT2D eigenvalue weighted by Gasteiger charge is 2.11. The van der Waals surface area contributed by atoms with Gasteiger partial charge >= 0.3 is 6.03 Å². The average Bonchev–Trinajstić information content (AvgIpc) is 3.03. The van der Waals surface area contributed by atoms with Crippen LogP contribution in [-0.2, 0) is 6.54 Å². The summed E-state index contributed by atoms with van der Waals surface area (Å²) in [5.74, 6) is 1.16. The molecule has 0 radical (unpaired) electrons. The topological polar surface area (TPSA) is 85.6 Å². The second-order valence-corrected chi connectivity index (χ2v) is 5.00. The number of carbonyl (C=O) groups is 1. The third-order valence-corrected chi connectivity index (χ3v) is 3.52. The molecule has 0 aliphatic rings. The molecule has 0 saturated carbocycles. The van der Waals surface area contributed by atoms with E-state index in [1.807, 2.05) is 24.3 Å². The highest BCUT2D eigenvalue weighted by molar-refractivity contribution is 5.91. The van der Waals surface area contributed by atoms with Crippen molar-refractivity contribution in [3.63, 3.8) is 0 Å². The zero-order valence-corrected chi connectivity index (χ0v) is 13.3. The van der Waals surface area contributed by atoms with E-state index in [1.54, 1.807) is 25.3 Å². The fourth-order valence-corrected chi connectivity index (χ4v) is 2.31. The summed E-state index contributed by atoms with van der Waals surface area (Å²) in [6.45, 7) is 0.245. The third-order valence-electron chi connectivity index (χ3n) is 3.52. The summed E-state index contributed by atoms with van der Waals surface area (Å²) in [6, 6.07) is 12.3. The number of hydrogen-bond donors (Lipinski definition) is 2. The first-order valence-electron chi connectivity index (χ1n) is 7.31. The predicted octanol–water partition coefficient (Wildman–Crippen LogP) is 3.17. The van der Waals surface area contributed by atoms with Crippen LogP contribution in [0.2, 0.25) is 0 Å². The van der Waals surface area contributed by atoms with Crippen LogP contribution >= 0.6 is 0 Å². The smallest absolute Gasteiger partial charge is 0.319 e. The number of nitrogens with zero attached hydrogens (tertiary/aromatic N) is 1. The number of aromatic nitrogens is 1. The van der Waals surface area contributed by atoms with Crippen LogP contribution in [0.5, 0.6) is 11.5 Å². The Morgan fingerprint density at radius 2 is 2.00 bits per heavy atom. The summed E-state index contributed by atoms with van der Waals surface area (Å²) in [6.07, 6.45) is 0. The molecule has 7 heteroatoms. The first kappa shape index (κ1) is 15.7. The van der Waals surface area contributed by atoms with Gasteiger partial charge in [-0.1, -0.05) is 17.3 Å². The summed E-state index contributed by atoms with van der Waals surface area (Å²) >= 11 is 0. The number of hydrogen-bond acceptors (Lipinski definition) is 5. The maximum Gasteiger partial charge on any atom is 0.319 e. The molecule has 2 N–H and O–H groups in total. The van der Waals surface area contributed by atoms with E-state index in [-0.39, 0.29) is 12.6 Å². The normalized spacial score (nSPS) is 10.4. The zero-order chi connectivity index (χ0) is 16.9. The molecule has 0 unspecified atom stereocenters. The van der Waals surface area contributed by atoms with Crippen molar-refractivity contribution in [2.45, 2.75) is 6.54 Å². The van der Waals surface area contributed by atoms with Crippen molar-refractivity contribution >= 4 is 22.7 Å². The minimum atomic E-state index is -0.381. The molecule has 0 atom stereocenters. The van der Waals surface area contributed by atoms with Crippen LogP contribution in [-0.4, -0.2) is 25.4 Å². The fraction of sp³-hybridized carbons (Fsp3) is 0.176. The summed E-state index contributed by atoms with van der Waals surface area (Å²) in [4.78, 5) is 12.1. The predicted molar refractivity (Wildman–Crippen MR) is 89.4 cm³/mol. The van der Waals surface area contributed by atoms with Crippen molar-refractivity contribution < 1.29 is 18.8 Å². The molecule has 124 valence electrons.